The average molecular weight is 516 g/mol. The molecule has 14 nitrogen and oxygen atoms in total. The summed E-state index contributed by atoms with van der Waals surface area (Å²) in [7, 11) is 0. The first kappa shape index (κ1) is 23.3. The Kier molecular flexibility index (Phi) is 4.99. The number of carbonyl (C=O) groups is 4. The van der Waals surface area contributed by atoms with Gasteiger partial charge in [0, 0.05) is 13.0 Å². The van der Waals surface area contributed by atoms with Crippen LogP contribution in [0, 0.1) is 16.1 Å². The lowest BCUT2D eigenvalue weighted by molar-refractivity contribution is -0.153. The number of imide groups is 2. The zero-order valence-corrected chi connectivity index (χ0v) is 19.6. The molecule has 3 saturated heterocycles. The van der Waals surface area contributed by atoms with E-state index in [4.69, 9.17) is 14.0 Å². The molecule has 1 spiro atoms. The SMILES string of the molecule is C[C@@H]1CN2c3c(cc4c(N5C[C@H](CN=O)OC5=O)noc4c3F)CC3(C(=O)NC(=O)NC3=O)[C@H]2[C@H](C)O1. The van der Waals surface area contributed by atoms with Crippen LogP contribution in [0.25, 0.3) is 11.0 Å². The number of cyclic esters (lactones) is 1. The number of halogens is 1. The fraction of sp³-hybridized carbons (Fsp3) is 0.500. The van der Waals surface area contributed by atoms with Gasteiger partial charge >= 0.3 is 12.1 Å². The lowest BCUT2D eigenvalue weighted by atomic mass is 9.66. The first-order valence-electron chi connectivity index (χ1n) is 11.6. The fourth-order valence-electron chi connectivity index (χ4n) is 6.00. The van der Waals surface area contributed by atoms with Crippen LogP contribution in [0.15, 0.2) is 15.8 Å². The maximum Gasteiger partial charge on any atom is 0.416 e. The van der Waals surface area contributed by atoms with Crippen LogP contribution < -0.4 is 20.4 Å². The molecule has 2 aromatic rings. The van der Waals surface area contributed by atoms with Crippen molar-refractivity contribution >= 4 is 46.4 Å². The smallest absolute Gasteiger partial charge is 0.416 e. The van der Waals surface area contributed by atoms with Gasteiger partial charge in [0.25, 0.3) is 0 Å². The molecule has 0 saturated carbocycles. The number of hydrogen-bond donors (Lipinski definition) is 2. The first-order chi connectivity index (χ1) is 17.6. The summed E-state index contributed by atoms with van der Waals surface area (Å²) in [5.41, 5.74) is -1.62. The standard InChI is InChI=1S/C22H21FN6O8/c1-8-6-28-14-10(4-22(16(28)9(2)35-8)18(30)25-20(32)26-19(22)31)3-12-15(13(14)23)37-27-17(12)29-7-11(5-24-34)36-21(29)33/h3,8-9,11,16H,4-7H2,1-2H3,(H2,25,26,30,31,32)/t8-,9+,11+,16-/m1/s1. The second kappa shape index (κ2) is 7.93. The number of rotatable bonds is 3. The third-order valence-corrected chi connectivity index (χ3v) is 7.35. The van der Waals surface area contributed by atoms with Crippen LogP contribution in [0.2, 0.25) is 0 Å². The number of ether oxygens (including phenoxy) is 2. The predicted molar refractivity (Wildman–Crippen MR) is 121 cm³/mol. The summed E-state index contributed by atoms with van der Waals surface area (Å²) in [6.45, 7) is 3.30. The van der Waals surface area contributed by atoms with Crippen LogP contribution in [-0.2, 0) is 25.5 Å². The topological polar surface area (TPSA) is 173 Å². The summed E-state index contributed by atoms with van der Waals surface area (Å²) < 4.78 is 32.5. The summed E-state index contributed by atoms with van der Waals surface area (Å²) in [6, 6.07) is -0.354. The van der Waals surface area contributed by atoms with E-state index in [-0.39, 0.29) is 60.2 Å². The van der Waals surface area contributed by atoms with Crippen molar-refractivity contribution in [2.75, 3.05) is 29.4 Å². The van der Waals surface area contributed by atoms with Gasteiger partial charge in [-0.2, -0.15) is 4.91 Å². The summed E-state index contributed by atoms with van der Waals surface area (Å²) >= 11 is 0. The molecule has 0 bridgehead atoms. The second-order valence-corrected chi connectivity index (χ2v) is 9.64. The minimum absolute atomic E-state index is 0.0392. The van der Waals surface area contributed by atoms with E-state index in [1.807, 2.05) is 0 Å². The van der Waals surface area contributed by atoms with E-state index in [0.29, 0.717) is 0 Å². The van der Waals surface area contributed by atoms with Gasteiger partial charge in [-0.25, -0.2) is 14.0 Å². The van der Waals surface area contributed by atoms with E-state index in [0.717, 1.165) is 4.90 Å². The number of fused-ring (bicyclic) bond motifs is 5. The van der Waals surface area contributed by atoms with Gasteiger partial charge in [0.15, 0.2) is 17.1 Å². The summed E-state index contributed by atoms with van der Waals surface area (Å²) in [5.74, 6) is -2.45. The molecule has 4 aliphatic heterocycles. The number of nitroso groups, excluding NO2 is 1. The van der Waals surface area contributed by atoms with Crippen molar-refractivity contribution in [3.63, 3.8) is 0 Å². The minimum atomic E-state index is -1.80. The normalized spacial score (nSPS) is 28.6. The summed E-state index contributed by atoms with van der Waals surface area (Å²) in [4.78, 5) is 64.2. The third-order valence-electron chi connectivity index (χ3n) is 7.35. The second-order valence-electron chi connectivity index (χ2n) is 9.64. The number of urea groups is 1. The van der Waals surface area contributed by atoms with Crippen molar-refractivity contribution in [1.29, 1.82) is 0 Å². The molecule has 0 unspecified atom stereocenters. The highest BCUT2D eigenvalue weighted by Gasteiger charge is 2.63. The van der Waals surface area contributed by atoms with Crippen LogP contribution in [0.3, 0.4) is 0 Å². The van der Waals surface area contributed by atoms with E-state index < -0.39 is 53.4 Å². The zero-order chi connectivity index (χ0) is 26.2. The lowest BCUT2D eigenvalue weighted by Crippen LogP contribution is -2.75. The number of aromatic nitrogens is 1. The average Bonchev–Trinajstić information content (AvgIpc) is 3.40. The van der Waals surface area contributed by atoms with Crippen LogP contribution in [-0.4, -0.2) is 73.1 Å². The largest absolute Gasteiger partial charge is 0.442 e. The number of amides is 5. The van der Waals surface area contributed by atoms with Crippen molar-refractivity contribution in [2.24, 2.45) is 10.6 Å². The number of barbiturate groups is 1. The Hall–Kier alpha value is -4.14. The van der Waals surface area contributed by atoms with E-state index in [1.54, 1.807) is 18.7 Å². The van der Waals surface area contributed by atoms with Crippen LogP contribution in [0.1, 0.15) is 19.4 Å². The van der Waals surface area contributed by atoms with Crippen molar-refractivity contribution in [1.82, 2.24) is 15.8 Å². The fourth-order valence-corrected chi connectivity index (χ4v) is 6.00. The van der Waals surface area contributed by atoms with Gasteiger partial charge in [0.05, 0.1) is 35.9 Å². The van der Waals surface area contributed by atoms with Gasteiger partial charge < -0.3 is 18.9 Å². The quantitative estimate of drug-likeness (QED) is 0.442. The highest BCUT2D eigenvalue weighted by atomic mass is 19.1. The Morgan fingerprint density at radius 1 is 1.19 bits per heavy atom. The lowest BCUT2D eigenvalue weighted by Gasteiger charge is -2.55. The van der Waals surface area contributed by atoms with E-state index in [9.17, 15) is 24.1 Å². The first-order valence-corrected chi connectivity index (χ1v) is 11.6. The van der Waals surface area contributed by atoms with Crippen molar-refractivity contribution in [3.8, 4) is 0 Å². The number of benzene rings is 1. The Balaban J connectivity index is 1.53. The molecule has 0 aliphatic carbocycles. The number of nitrogens with zero attached hydrogens (tertiary/aromatic N) is 4. The van der Waals surface area contributed by atoms with Crippen molar-refractivity contribution in [2.45, 2.75) is 44.6 Å². The number of nitrogens with one attached hydrogen (secondary N) is 2. The van der Waals surface area contributed by atoms with Gasteiger partial charge in [-0.05, 0) is 25.5 Å². The number of morpholine rings is 1. The van der Waals surface area contributed by atoms with Crippen molar-refractivity contribution < 1.29 is 37.6 Å². The van der Waals surface area contributed by atoms with E-state index >= 15 is 4.39 Å². The molecule has 3 fully saturated rings. The molecule has 5 heterocycles. The van der Waals surface area contributed by atoms with Gasteiger partial charge in [-0.3, -0.25) is 25.1 Å². The molecule has 15 heteroatoms. The minimum Gasteiger partial charge on any atom is -0.442 e. The van der Waals surface area contributed by atoms with Crippen LogP contribution in [0.5, 0.6) is 0 Å². The monoisotopic (exact) mass is 516 g/mol. The van der Waals surface area contributed by atoms with Crippen LogP contribution >= 0.6 is 0 Å². The molecule has 4 atom stereocenters. The zero-order valence-electron chi connectivity index (χ0n) is 19.6. The molecule has 6 rings (SSSR count). The van der Waals surface area contributed by atoms with Gasteiger partial charge in [-0.15, -0.1) is 0 Å². The number of hydrogen-bond acceptors (Lipinski definition) is 11. The van der Waals surface area contributed by atoms with Crippen LogP contribution in [0.4, 0.5) is 25.5 Å². The number of anilines is 2. The van der Waals surface area contributed by atoms with E-state index in [2.05, 4.69) is 21.0 Å². The predicted octanol–water partition coefficient (Wildman–Crippen LogP) is 0.949. The molecule has 2 N–H and O–H groups in total. The van der Waals surface area contributed by atoms with E-state index in [1.165, 1.54) is 6.07 Å². The maximum absolute atomic E-state index is 16.1. The highest BCUT2D eigenvalue weighted by molar-refractivity contribution is 6.20. The molecular weight excluding hydrogens is 495 g/mol. The Morgan fingerprint density at radius 3 is 2.62 bits per heavy atom. The number of carbonyl (C=O) groups excluding carboxylic acids is 4. The summed E-state index contributed by atoms with van der Waals surface area (Å²) in [5, 5.41) is 11.1. The Labute approximate surface area is 207 Å². The Morgan fingerprint density at radius 2 is 1.92 bits per heavy atom. The summed E-state index contributed by atoms with van der Waals surface area (Å²) in [6.07, 6.45) is -2.90. The molecule has 4 aliphatic rings. The van der Waals surface area contributed by atoms with Gasteiger partial charge in [-0.1, -0.05) is 10.3 Å². The highest BCUT2D eigenvalue weighted by Crippen LogP contribution is 2.49. The van der Waals surface area contributed by atoms with Gasteiger partial charge in [0.1, 0.15) is 12.6 Å². The molecule has 37 heavy (non-hydrogen) atoms. The molecule has 0 radical (unpaired) electrons. The van der Waals surface area contributed by atoms with Crippen molar-refractivity contribution in [3.05, 3.63) is 22.4 Å². The Bertz CT molecular complexity index is 1370. The molecule has 5 amide bonds. The maximum atomic E-state index is 16.1. The molecule has 194 valence electrons. The molecule has 1 aromatic carbocycles. The molecular formula is C22H21FN6O8. The molecule has 1 aromatic heterocycles. The van der Waals surface area contributed by atoms with Gasteiger partial charge in [0.2, 0.25) is 17.4 Å². The third kappa shape index (κ3) is 3.16.